The lowest BCUT2D eigenvalue weighted by Crippen LogP contribution is -2.74. The van der Waals surface area contributed by atoms with Crippen molar-refractivity contribution in [1.29, 1.82) is 0 Å². The molecule has 1 heterocycles. The second-order valence-corrected chi connectivity index (χ2v) is 11.7. The smallest absolute Gasteiger partial charge is 0.294 e. The molecule has 2 saturated carbocycles. The Kier molecular flexibility index (Phi) is 6.82. The van der Waals surface area contributed by atoms with E-state index in [0.29, 0.717) is 22.4 Å². The van der Waals surface area contributed by atoms with E-state index in [1.165, 1.54) is 37.3 Å². The third-order valence-electron chi connectivity index (χ3n) is 9.06. The van der Waals surface area contributed by atoms with Crippen LogP contribution >= 0.6 is 0 Å². The molecule has 1 aromatic heterocycles. The molecule has 6 atom stereocenters. The Balaban J connectivity index is 1.38. The van der Waals surface area contributed by atoms with Crippen LogP contribution in [0.3, 0.4) is 0 Å². The largest absolute Gasteiger partial charge is 0.507 e. The number of fused-ring (bicyclic) bond motifs is 3. The summed E-state index contributed by atoms with van der Waals surface area (Å²) in [6, 6.07) is 9.94. The van der Waals surface area contributed by atoms with E-state index in [0.717, 1.165) is 0 Å². The highest BCUT2D eigenvalue weighted by molar-refractivity contribution is 6.32. The van der Waals surface area contributed by atoms with Gasteiger partial charge in [-0.05, 0) is 67.7 Å². The predicted octanol–water partition coefficient (Wildman–Crippen LogP) is 0.774. The number of hydrogen-bond donors (Lipinski definition) is 4. The zero-order chi connectivity index (χ0) is 31.7. The normalized spacial score (nSPS) is 27.9. The van der Waals surface area contributed by atoms with Crippen molar-refractivity contribution in [3.05, 3.63) is 65.5 Å². The van der Waals surface area contributed by atoms with E-state index >= 15 is 0 Å². The molecule has 2 unspecified atom stereocenters. The van der Waals surface area contributed by atoms with E-state index in [1.807, 2.05) is 0 Å². The third kappa shape index (κ3) is 4.19. The molecule has 226 valence electrons. The Labute approximate surface area is 250 Å². The molecular weight excluding hydrogens is 572 g/mol. The number of anilines is 1. The standard InChI is InChI=1S/C31H28N4O9/c1-35(2)24-18-12-14-11-17-16(13-3-5-15(6-4-13)34-30(42)20-9-10-33-44-20)7-8-19(36)22(17)25(37)21(14)27(39)31(18,43)28(40)23(26(24)38)29(32)41/h3-10,14,18,21,23-24,36,43H,11-12H2,1-2H3,(H2,32,41)(H,34,42)/t14-,18-,21?,23?,24-,31-/m0/s1. The van der Waals surface area contributed by atoms with E-state index in [4.69, 9.17) is 10.3 Å². The highest BCUT2D eigenvalue weighted by Gasteiger charge is 2.69. The molecule has 3 aliphatic rings. The van der Waals surface area contributed by atoms with Crippen molar-refractivity contribution in [2.75, 3.05) is 19.4 Å². The van der Waals surface area contributed by atoms with Crippen molar-refractivity contribution >= 4 is 40.6 Å². The van der Waals surface area contributed by atoms with Gasteiger partial charge in [-0.25, -0.2) is 0 Å². The summed E-state index contributed by atoms with van der Waals surface area (Å²) in [5.41, 5.74) is 4.66. The number of aliphatic hydroxyl groups is 1. The molecule has 13 heteroatoms. The van der Waals surface area contributed by atoms with Crippen molar-refractivity contribution in [1.82, 2.24) is 10.1 Å². The quantitative estimate of drug-likeness (QED) is 0.301. The van der Waals surface area contributed by atoms with Crippen molar-refractivity contribution in [3.63, 3.8) is 0 Å². The Morgan fingerprint density at radius 3 is 2.36 bits per heavy atom. The van der Waals surface area contributed by atoms with Gasteiger partial charge in [0.25, 0.3) is 5.91 Å². The molecule has 0 radical (unpaired) electrons. The van der Waals surface area contributed by atoms with Crippen LogP contribution < -0.4 is 11.1 Å². The maximum absolute atomic E-state index is 14.0. The lowest BCUT2D eigenvalue weighted by molar-refractivity contribution is -0.181. The lowest BCUT2D eigenvalue weighted by Gasteiger charge is -2.52. The number of Topliss-reactive ketones (excluding diaryl/α,β-unsaturated/α-hetero) is 4. The molecule has 0 bridgehead atoms. The number of hydrogen-bond acceptors (Lipinski definition) is 11. The number of ketones is 4. The fraction of sp³-hybridized carbons (Fsp3) is 0.323. The molecule has 2 fully saturated rings. The minimum absolute atomic E-state index is 0.0340. The predicted molar refractivity (Wildman–Crippen MR) is 151 cm³/mol. The van der Waals surface area contributed by atoms with Crippen LogP contribution in [0, 0.1) is 23.7 Å². The number of nitrogens with two attached hydrogens (primary N) is 1. The summed E-state index contributed by atoms with van der Waals surface area (Å²) >= 11 is 0. The minimum Gasteiger partial charge on any atom is -0.507 e. The average Bonchev–Trinajstić information content (AvgIpc) is 3.51. The van der Waals surface area contributed by atoms with Crippen LogP contribution in [0.5, 0.6) is 5.75 Å². The molecule has 0 spiro atoms. The summed E-state index contributed by atoms with van der Waals surface area (Å²) < 4.78 is 4.86. The van der Waals surface area contributed by atoms with Gasteiger partial charge in [0.1, 0.15) is 5.75 Å². The van der Waals surface area contributed by atoms with Crippen LogP contribution in [0.2, 0.25) is 0 Å². The summed E-state index contributed by atoms with van der Waals surface area (Å²) in [5.74, 6) is -11.5. The van der Waals surface area contributed by atoms with E-state index in [2.05, 4.69) is 10.5 Å². The second kappa shape index (κ2) is 10.3. The number of benzene rings is 2. The maximum Gasteiger partial charge on any atom is 0.294 e. The van der Waals surface area contributed by atoms with Crippen LogP contribution in [0.4, 0.5) is 5.69 Å². The number of aromatic nitrogens is 1. The first-order chi connectivity index (χ1) is 20.9. The highest BCUT2D eigenvalue weighted by Crippen LogP contribution is 2.51. The topological polar surface area (TPSA) is 210 Å². The summed E-state index contributed by atoms with van der Waals surface area (Å²) in [4.78, 5) is 80.5. The second-order valence-electron chi connectivity index (χ2n) is 11.7. The zero-order valence-electron chi connectivity index (χ0n) is 23.6. The third-order valence-corrected chi connectivity index (χ3v) is 9.06. The van der Waals surface area contributed by atoms with Crippen molar-refractivity contribution < 1.29 is 43.5 Å². The van der Waals surface area contributed by atoms with Crippen LogP contribution in [0.15, 0.2) is 53.2 Å². The number of rotatable bonds is 5. The number of phenols is 1. The average molecular weight is 601 g/mol. The van der Waals surface area contributed by atoms with E-state index in [9.17, 15) is 39.0 Å². The van der Waals surface area contributed by atoms with Crippen LogP contribution in [-0.2, 0) is 25.6 Å². The number of amides is 2. The molecule has 2 amide bonds. The van der Waals surface area contributed by atoms with Gasteiger partial charge in [0.2, 0.25) is 11.7 Å². The Hall–Kier alpha value is -5.01. The molecule has 44 heavy (non-hydrogen) atoms. The first kappa shape index (κ1) is 29.1. The summed E-state index contributed by atoms with van der Waals surface area (Å²) in [7, 11) is 3.06. The van der Waals surface area contributed by atoms with Gasteiger partial charge in [-0.3, -0.25) is 33.7 Å². The van der Waals surface area contributed by atoms with Crippen LogP contribution in [0.1, 0.15) is 32.9 Å². The first-order valence-corrected chi connectivity index (χ1v) is 13.9. The van der Waals surface area contributed by atoms with Crippen molar-refractivity contribution in [3.8, 4) is 16.9 Å². The molecule has 13 nitrogen and oxygen atoms in total. The van der Waals surface area contributed by atoms with Gasteiger partial charge in [0.05, 0.1) is 23.7 Å². The van der Waals surface area contributed by atoms with E-state index in [-0.39, 0.29) is 29.9 Å². The monoisotopic (exact) mass is 600 g/mol. The number of carbonyl (C=O) groups excluding carboxylic acids is 6. The van der Waals surface area contributed by atoms with Gasteiger partial charge in [-0.15, -0.1) is 0 Å². The fourth-order valence-corrected chi connectivity index (χ4v) is 7.13. The van der Waals surface area contributed by atoms with Gasteiger partial charge >= 0.3 is 0 Å². The number of primary amides is 1. The molecule has 3 aromatic rings. The number of phenolic OH excluding ortho intramolecular Hbond substituents is 1. The van der Waals surface area contributed by atoms with Gasteiger partial charge in [0, 0.05) is 17.7 Å². The summed E-state index contributed by atoms with van der Waals surface area (Å²) in [6.07, 6.45) is 1.42. The molecule has 6 rings (SSSR count). The number of carbonyl (C=O) groups is 6. The Bertz CT molecular complexity index is 1750. The Morgan fingerprint density at radius 2 is 1.75 bits per heavy atom. The summed E-state index contributed by atoms with van der Waals surface area (Å²) in [6.45, 7) is 0. The molecular formula is C31H28N4O9. The fourth-order valence-electron chi connectivity index (χ4n) is 7.13. The highest BCUT2D eigenvalue weighted by atomic mass is 16.5. The molecule has 2 aromatic carbocycles. The molecule has 3 aliphatic carbocycles. The Morgan fingerprint density at radius 1 is 1.05 bits per heavy atom. The first-order valence-electron chi connectivity index (χ1n) is 13.9. The number of aromatic hydroxyl groups is 1. The van der Waals surface area contributed by atoms with Crippen molar-refractivity contribution in [2.45, 2.75) is 24.5 Å². The minimum atomic E-state index is -2.78. The van der Waals surface area contributed by atoms with Crippen LogP contribution in [0.25, 0.3) is 11.1 Å². The van der Waals surface area contributed by atoms with Crippen molar-refractivity contribution in [2.24, 2.45) is 29.4 Å². The number of likely N-dealkylation sites (N-methyl/N-ethyl adjacent to an activating group) is 1. The summed E-state index contributed by atoms with van der Waals surface area (Å²) in [5, 5.41) is 28.7. The zero-order valence-corrected chi connectivity index (χ0v) is 23.6. The van der Waals surface area contributed by atoms with E-state index in [1.54, 1.807) is 30.3 Å². The van der Waals surface area contributed by atoms with E-state index < -0.39 is 70.3 Å². The molecule has 0 aliphatic heterocycles. The number of nitrogens with one attached hydrogen (secondary N) is 1. The van der Waals surface area contributed by atoms with Gasteiger partial charge in [-0.1, -0.05) is 23.4 Å². The number of nitrogens with zero attached hydrogens (tertiary/aromatic N) is 2. The maximum atomic E-state index is 14.0. The SMILES string of the molecule is CN(C)[C@@H]1C(=O)C(C(N)=O)C(=O)[C@@]2(O)C(=O)C3C(=O)c4c(O)ccc(-c5ccc(NC(=O)c6ccno6)cc5)c4C[C@H]3C[C@@H]12. The molecule has 5 N–H and O–H groups in total. The van der Waals surface area contributed by atoms with Gasteiger partial charge in [-0.2, -0.15) is 0 Å². The van der Waals surface area contributed by atoms with Gasteiger partial charge in [0.15, 0.2) is 34.7 Å². The lowest BCUT2D eigenvalue weighted by atomic mass is 9.52. The van der Waals surface area contributed by atoms with Gasteiger partial charge < -0.3 is 25.8 Å². The van der Waals surface area contributed by atoms with Crippen LogP contribution in [-0.4, -0.2) is 81.0 Å². The molecule has 0 saturated heterocycles.